The van der Waals surface area contributed by atoms with Crippen molar-refractivity contribution in [1.82, 2.24) is 14.5 Å². The number of carbonyl (C=O) groups is 2. The first-order valence-corrected chi connectivity index (χ1v) is 12.8. The van der Waals surface area contributed by atoms with E-state index in [1.807, 2.05) is 0 Å². The Morgan fingerprint density at radius 3 is 2.15 bits per heavy atom. The number of nitrogens with one attached hydrogen (secondary N) is 1. The minimum atomic E-state index is -3.95. The van der Waals surface area contributed by atoms with E-state index in [-0.39, 0.29) is 17.3 Å². The maximum Gasteiger partial charge on any atom is 0.243 e. The zero-order chi connectivity index (χ0) is 24.8. The molecule has 0 fully saturated rings. The molecular formula is C22H26Cl3N3O4S. The molecule has 0 aromatic heterocycles. The number of halogens is 3. The van der Waals surface area contributed by atoms with Crippen LogP contribution >= 0.6 is 34.8 Å². The summed E-state index contributed by atoms with van der Waals surface area (Å²) in [5.74, 6) is -0.874. The average Bonchev–Trinajstić information content (AvgIpc) is 2.75. The fraction of sp³-hybridized carbons (Fsp3) is 0.364. The number of hydrogen-bond donors (Lipinski definition) is 1. The highest BCUT2D eigenvalue weighted by Crippen LogP contribution is 2.24. The zero-order valence-electron chi connectivity index (χ0n) is 18.5. The second-order valence-electron chi connectivity index (χ2n) is 7.29. The summed E-state index contributed by atoms with van der Waals surface area (Å²) >= 11 is 18.1. The maximum absolute atomic E-state index is 13.3. The molecule has 2 amide bonds. The van der Waals surface area contributed by atoms with E-state index >= 15 is 0 Å². The molecule has 180 valence electrons. The van der Waals surface area contributed by atoms with Crippen molar-refractivity contribution >= 4 is 56.6 Å². The van der Waals surface area contributed by atoms with Crippen LogP contribution in [0.25, 0.3) is 0 Å². The van der Waals surface area contributed by atoms with Gasteiger partial charge in [0, 0.05) is 35.2 Å². The van der Waals surface area contributed by atoms with Gasteiger partial charge in [0.1, 0.15) is 6.04 Å². The molecule has 0 saturated carbocycles. The fourth-order valence-corrected chi connectivity index (χ4v) is 4.91. The van der Waals surface area contributed by atoms with Gasteiger partial charge in [-0.1, -0.05) is 47.8 Å². The van der Waals surface area contributed by atoms with Gasteiger partial charge in [-0.15, -0.1) is 0 Å². The van der Waals surface area contributed by atoms with E-state index in [9.17, 15) is 18.0 Å². The van der Waals surface area contributed by atoms with Crippen molar-refractivity contribution in [3.63, 3.8) is 0 Å². The summed E-state index contributed by atoms with van der Waals surface area (Å²) in [6.07, 6.45) is 0.330. The molecule has 0 aliphatic rings. The van der Waals surface area contributed by atoms with Crippen LogP contribution in [0.4, 0.5) is 0 Å². The molecule has 33 heavy (non-hydrogen) atoms. The molecule has 1 N–H and O–H groups in total. The lowest BCUT2D eigenvalue weighted by atomic mass is 10.1. The van der Waals surface area contributed by atoms with Gasteiger partial charge in [-0.2, -0.15) is 4.31 Å². The maximum atomic E-state index is 13.3. The normalized spacial score (nSPS) is 12.5. The van der Waals surface area contributed by atoms with Crippen molar-refractivity contribution in [2.75, 3.05) is 20.1 Å². The molecule has 2 rings (SSSR count). The Morgan fingerprint density at radius 1 is 1.00 bits per heavy atom. The van der Waals surface area contributed by atoms with Crippen molar-refractivity contribution in [1.29, 1.82) is 0 Å². The second-order valence-corrected chi connectivity index (χ2v) is 10.6. The Hall–Kier alpha value is -1.84. The third-order valence-electron chi connectivity index (χ3n) is 4.97. The molecule has 0 aliphatic carbocycles. The van der Waals surface area contributed by atoms with E-state index in [2.05, 4.69) is 5.32 Å². The van der Waals surface area contributed by atoms with Gasteiger partial charge in [0.15, 0.2) is 0 Å². The molecule has 2 aromatic carbocycles. The summed E-state index contributed by atoms with van der Waals surface area (Å²) < 4.78 is 26.8. The Kier molecular flexibility index (Phi) is 10.00. The van der Waals surface area contributed by atoms with Gasteiger partial charge in [-0.3, -0.25) is 9.59 Å². The Morgan fingerprint density at radius 2 is 1.61 bits per heavy atom. The molecule has 1 atom stereocenters. The number of amides is 2. The van der Waals surface area contributed by atoms with Crippen molar-refractivity contribution < 1.29 is 18.0 Å². The lowest BCUT2D eigenvalue weighted by Gasteiger charge is -2.32. The third kappa shape index (κ3) is 7.07. The summed E-state index contributed by atoms with van der Waals surface area (Å²) in [5, 5.41) is 3.90. The highest BCUT2D eigenvalue weighted by molar-refractivity contribution is 7.89. The predicted molar refractivity (Wildman–Crippen MR) is 131 cm³/mol. The monoisotopic (exact) mass is 533 g/mol. The van der Waals surface area contributed by atoms with Crippen molar-refractivity contribution in [3.05, 3.63) is 63.1 Å². The summed E-state index contributed by atoms with van der Waals surface area (Å²) in [4.78, 5) is 27.4. The lowest BCUT2D eigenvalue weighted by molar-refractivity contribution is -0.141. The lowest BCUT2D eigenvalue weighted by Crippen LogP contribution is -2.51. The van der Waals surface area contributed by atoms with Gasteiger partial charge in [0.2, 0.25) is 21.8 Å². The van der Waals surface area contributed by atoms with Crippen LogP contribution < -0.4 is 5.32 Å². The number of benzene rings is 2. The topological polar surface area (TPSA) is 86.8 Å². The number of nitrogens with zero attached hydrogens (tertiary/aromatic N) is 2. The van der Waals surface area contributed by atoms with Crippen LogP contribution in [0.5, 0.6) is 0 Å². The molecule has 0 saturated heterocycles. The molecule has 0 unspecified atom stereocenters. The number of likely N-dealkylation sites (N-methyl/N-ethyl adjacent to an activating group) is 2. The minimum Gasteiger partial charge on any atom is -0.355 e. The predicted octanol–water partition coefficient (Wildman–Crippen LogP) is 4.21. The Balaban J connectivity index is 2.35. The second kappa shape index (κ2) is 12.0. The minimum absolute atomic E-state index is 0.00487. The van der Waals surface area contributed by atoms with Crippen LogP contribution in [-0.4, -0.2) is 55.6 Å². The van der Waals surface area contributed by atoms with Crippen molar-refractivity contribution in [2.45, 2.75) is 37.8 Å². The Labute approximate surface area is 209 Å². The molecule has 2 aromatic rings. The van der Waals surface area contributed by atoms with E-state index in [1.54, 1.807) is 32.0 Å². The van der Waals surface area contributed by atoms with Gasteiger partial charge in [-0.25, -0.2) is 8.42 Å². The van der Waals surface area contributed by atoms with Gasteiger partial charge in [-0.05, 0) is 55.3 Å². The van der Waals surface area contributed by atoms with E-state index in [0.717, 1.165) is 4.31 Å². The molecular weight excluding hydrogens is 509 g/mol. The summed E-state index contributed by atoms with van der Waals surface area (Å²) in [5.41, 5.74) is 0.584. The van der Waals surface area contributed by atoms with Crippen molar-refractivity contribution in [2.24, 2.45) is 0 Å². The molecule has 0 radical (unpaired) electrons. The van der Waals surface area contributed by atoms with E-state index in [0.29, 0.717) is 33.6 Å². The first kappa shape index (κ1) is 27.4. The number of sulfonamides is 1. The average molecular weight is 535 g/mol. The van der Waals surface area contributed by atoms with Crippen LogP contribution in [0.15, 0.2) is 47.4 Å². The molecule has 0 spiro atoms. The van der Waals surface area contributed by atoms with Crippen LogP contribution in [0.3, 0.4) is 0 Å². The van der Waals surface area contributed by atoms with Crippen LogP contribution in [0.2, 0.25) is 15.1 Å². The highest BCUT2D eigenvalue weighted by atomic mass is 35.5. The quantitative estimate of drug-likeness (QED) is 0.495. The van der Waals surface area contributed by atoms with Gasteiger partial charge in [0.05, 0.1) is 11.4 Å². The van der Waals surface area contributed by atoms with Gasteiger partial charge >= 0.3 is 0 Å². The standard InChI is InChI=1S/C22H26Cl3N3O4S/c1-4-20(22(30)26-5-2)28(13-15-6-7-17(24)12-19(15)25)21(29)14-27(3)33(31,32)18-10-8-16(23)9-11-18/h6-12,20H,4-5,13-14H2,1-3H3,(H,26,30)/t20-/m0/s1. The summed E-state index contributed by atoms with van der Waals surface area (Å²) in [7, 11) is -2.64. The summed E-state index contributed by atoms with van der Waals surface area (Å²) in [6, 6.07) is 9.70. The van der Waals surface area contributed by atoms with Crippen LogP contribution in [0, 0.1) is 0 Å². The zero-order valence-corrected chi connectivity index (χ0v) is 21.6. The number of carbonyl (C=O) groups excluding carboxylic acids is 2. The molecule has 7 nitrogen and oxygen atoms in total. The molecule has 0 aliphatic heterocycles. The first-order valence-electron chi connectivity index (χ1n) is 10.2. The Bertz CT molecular complexity index is 1090. The van der Waals surface area contributed by atoms with Crippen LogP contribution in [-0.2, 0) is 26.2 Å². The van der Waals surface area contributed by atoms with E-state index < -0.39 is 28.5 Å². The van der Waals surface area contributed by atoms with E-state index in [4.69, 9.17) is 34.8 Å². The smallest absolute Gasteiger partial charge is 0.243 e. The third-order valence-corrected chi connectivity index (χ3v) is 7.63. The van der Waals surface area contributed by atoms with Crippen molar-refractivity contribution in [3.8, 4) is 0 Å². The number of rotatable bonds is 10. The molecule has 11 heteroatoms. The van der Waals surface area contributed by atoms with E-state index in [1.165, 1.54) is 36.2 Å². The molecule has 0 bridgehead atoms. The van der Waals surface area contributed by atoms with Crippen LogP contribution in [0.1, 0.15) is 25.8 Å². The highest BCUT2D eigenvalue weighted by Gasteiger charge is 2.32. The molecule has 0 heterocycles. The first-order chi connectivity index (χ1) is 15.5. The van der Waals surface area contributed by atoms with Gasteiger partial charge < -0.3 is 10.2 Å². The number of hydrogen-bond acceptors (Lipinski definition) is 4. The fourth-order valence-electron chi connectivity index (χ4n) is 3.20. The SMILES string of the molecule is CCNC(=O)[C@H](CC)N(Cc1ccc(Cl)cc1Cl)C(=O)CN(C)S(=O)(=O)c1ccc(Cl)cc1. The summed E-state index contributed by atoms with van der Waals surface area (Å²) in [6.45, 7) is 3.49. The van der Waals surface area contributed by atoms with Gasteiger partial charge in [0.25, 0.3) is 0 Å². The largest absolute Gasteiger partial charge is 0.355 e.